The number of aryl methyl sites for hydroxylation is 1. The van der Waals surface area contributed by atoms with Crippen molar-refractivity contribution in [2.24, 2.45) is 0 Å². The van der Waals surface area contributed by atoms with E-state index in [-0.39, 0.29) is 6.04 Å². The second kappa shape index (κ2) is 8.19. The van der Waals surface area contributed by atoms with Crippen molar-refractivity contribution in [2.45, 2.75) is 32.7 Å². The molecule has 18 heavy (non-hydrogen) atoms. The third-order valence-electron chi connectivity index (χ3n) is 2.46. The molecule has 0 fully saturated rings. The molecule has 2 nitrogen and oxygen atoms in total. The molecule has 1 heterocycles. The molecule has 0 aromatic carbocycles. The first-order valence-corrected chi connectivity index (χ1v) is 7.50. The van der Waals surface area contributed by atoms with E-state index in [4.69, 9.17) is 4.74 Å². The van der Waals surface area contributed by atoms with E-state index in [2.05, 4.69) is 27.3 Å². The van der Waals surface area contributed by atoms with Gasteiger partial charge in [-0.15, -0.1) is 11.3 Å². The van der Waals surface area contributed by atoms with Crippen LogP contribution in [0.4, 0.5) is 8.78 Å². The molecular formula is C12H18BrF2NOS. The summed E-state index contributed by atoms with van der Waals surface area (Å²) in [7, 11) is 0. The van der Waals surface area contributed by atoms with Crippen molar-refractivity contribution in [1.29, 1.82) is 0 Å². The molecule has 0 radical (unpaired) electrons. The van der Waals surface area contributed by atoms with E-state index >= 15 is 0 Å². The van der Waals surface area contributed by atoms with Gasteiger partial charge in [0.05, 0.1) is 3.79 Å². The fraction of sp³-hybridized carbons (Fsp3) is 0.667. The number of hydrogen-bond donors (Lipinski definition) is 1. The minimum Gasteiger partial charge on any atom is -0.375 e. The largest absolute Gasteiger partial charge is 0.375 e. The van der Waals surface area contributed by atoms with Gasteiger partial charge in [-0.2, -0.15) is 0 Å². The van der Waals surface area contributed by atoms with E-state index < -0.39 is 13.0 Å². The van der Waals surface area contributed by atoms with Crippen molar-refractivity contribution in [2.75, 3.05) is 19.8 Å². The Morgan fingerprint density at radius 1 is 1.50 bits per heavy atom. The Bertz CT molecular complexity index is 340. The predicted molar refractivity (Wildman–Crippen MR) is 74.6 cm³/mol. The van der Waals surface area contributed by atoms with Crippen LogP contribution in [-0.4, -0.2) is 26.2 Å². The molecule has 1 rings (SSSR count). The van der Waals surface area contributed by atoms with Gasteiger partial charge in [-0.05, 0) is 47.4 Å². The number of alkyl halides is 2. The summed E-state index contributed by atoms with van der Waals surface area (Å²) in [5.41, 5.74) is 1.20. The Kier molecular flexibility index (Phi) is 7.29. The molecule has 1 aromatic rings. The first-order chi connectivity index (χ1) is 8.54. The quantitative estimate of drug-likeness (QED) is 0.717. The lowest BCUT2D eigenvalue weighted by Gasteiger charge is -2.16. The van der Waals surface area contributed by atoms with Gasteiger partial charge in [0.1, 0.15) is 6.61 Å². The zero-order valence-electron chi connectivity index (χ0n) is 10.5. The highest BCUT2D eigenvalue weighted by atomic mass is 79.9. The first-order valence-electron chi connectivity index (χ1n) is 5.89. The van der Waals surface area contributed by atoms with Gasteiger partial charge in [-0.25, -0.2) is 8.78 Å². The number of rotatable bonds is 8. The maximum Gasteiger partial charge on any atom is 0.261 e. The first kappa shape index (κ1) is 16.0. The molecule has 0 saturated heterocycles. The van der Waals surface area contributed by atoms with Crippen molar-refractivity contribution in [3.05, 3.63) is 20.3 Å². The fourth-order valence-electron chi connectivity index (χ4n) is 1.62. The summed E-state index contributed by atoms with van der Waals surface area (Å²) >= 11 is 5.17. The van der Waals surface area contributed by atoms with Crippen LogP contribution in [-0.2, 0) is 4.74 Å². The predicted octanol–water partition coefficient (Wildman–Crippen LogP) is 4.14. The average molecular weight is 342 g/mol. The van der Waals surface area contributed by atoms with Gasteiger partial charge in [0, 0.05) is 17.5 Å². The van der Waals surface area contributed by atoms with Gasteiger partial charge < -0.3 is 10.1 Å². The van der Waals surface area contributed by atoms with Gasteiger partial charge in [-0.3, -0.25) is 0 Å². The van der Waals surface area contributed by atoms with Crippen LogP contribution in [0.1, 0.15) is 29.8 Å². The minimum atomic E-state index is -2.39. The van der Waals surface area contributed by atoms with E-state index in [9.17, 15) is 8.78 Å². The van der Waals surface area contributed by atoms with E-state index in [1.807, 2.05) is 13.8 Å². The molecule has 1 N–H and O–H groups in total. The number of halogens is 3. The second-order valence-corrected chi connectivity index (χ2v) is 6.37. The Hall–Kier alpha value is -0.0400. The van der Waals surface area contributed by atoms with Crippen LogP contribution in [0.5, 0.6) is 0 Å². The number of thiophene rings is 1. The van der Waals surface area contributed by atoms with Crippen molar-refractivity contribution >= 4 is 27.3 Å². The second-order valence-electron chi connectivity index (χ2n) is 3.97. The summed E-state index contributed by atoms with van der Waals surface area (Å²) < 4.78 is 29.9. The highest BCUT2D eigenvalue weighted by Gasteiger charge is 2.14. The van der Waals surface area contributed by atoms with Gasteiger partial charge in [0.25, 0.3) is 6.43 Å². The van der Waals surface area contributed by atoms with E-state index in [0.717, 1.165) is 10.3 Å². The third kappa shape index (κ3) is 5.30. The third-order valence-corrected chi connectivity index (χ3v) is 4.72. The molecule has 0 aliphatic heterocycles. The summed E-state index contributed by atoms with van der Waals surface area (Å²) in [5.74, 6) is 0. The molecule has 0 saturated carbocycles. The molecule has 1 atom stereocenters. The Balaban J connectivity index is 2.49. The lowest BCUT2D eigenvalue weighted by atomic mass is 10.1. The Labute approximate surface area is 119 Å². The van der Waals surface area contributed by atoms with Crippen molar-refractivity contribution in [3.8, 4) is 0 Å². The Morgan fingerprint density at radius 3 is 2.72 bits per heavy atom. The summed E-state index contributed by atoms with van der Waals surface area (Å²) in [6, 6.07) is 2.29. The molecule has 0 amide bonds. The van der Waals surface area contributed by atoms with Crippen molar-refractivity contribution in [1.82, 2.24) is 5.32 Å². The van der Waals surface area contributed by atoms with Crippen LogP contribution >= 0.6 is 27.3 Å². The monoisotopic (exact) mass is 341 g/mol. The van der Waals surface area contributed by atoms with E-state index in [1.54, 1.807) is 11.3 Å². The highest BCUT2D eigenvalue weighted by Crippen LogP contribution is 2.32. The fourth-order valence-corrected chi connectivity index (χ4v) is 3.30. The van der Waals surface area contributed by atoms with Crippen molar-refractivity contribution in [3.63, 3.8) is 0 Å². The topological polar surface area (TPSA) is 21.3 Å². The zero-order valence-corrected chi connectivity index (χ0v) is 12.9. The zero-order chi connectivity index (χ0) is 13.5. The van der Waals surface area contributed by atoms with Gasteiger partial charge in [0.2, 0.25) is 0 Å². The van der Waals surface area contributed by atoms with E-state index in [0.29, 0.717) is 13.0 Å². The highest BCUT2D eigenvalue weighted by molar-refractivity contribution is 9.11. The Morgan fingerprint density at radius 2 is 2.22 bits per heavy atom. The standard InChI is InChI=1S/C12H18BrF2NOS/c1-3-16-9(4-5-17-7-11(14)15)10-6-8(2)12(13)18-10/h6,9,11,16H,3-5,7H2,1-2H3. The maximum atomic E-state index is 11.9. The minimum absolute atomic E-state index is 0.169. The lowest BCUT2D eigenvalue weighted by Crippen LogP contribution is -2.22. The molecule has 0 spiro atoms. The molecule has 0 bridgehead atoms. The summed E-state index contributed by atoms with van der Waals surface area (Å²) in [4.78, 5) is 1.21. The van der Waals surface area contributed by atoms with Crippen LogP contribution in [0.25, 0.3) is 0 Å². The SMILES string of the molecule is CCNC(CCOCC(F)F)c1cc(C)c(Br)s1. The van der Waals surface area contributed by atoms with Gasteiger partial charge >= 0.3 is 0 Å². The van der Waals surface area contributed by atoms with Crippen LogP contribution in [0.3, 0.4) is 0 Å². The van der Waals surface area contributed by atoms with Crippen LogP contribution in [0.15, 0.2) is 9.85 Å². The lowest BCUT2D eigenvalue weighted by molar-refractivity contribution is 0.0145. The summed E-state index contributed by atoms with van der Waals surface area (Å²) in [6.07, 6.45) is -1.69. The van der Waals surface area contributed by atoms with E-state index in [1.165, 1.54) is 10.4 Å². The van der Waals surface area contributed by atoms with Gasteiger partial charge in [0.15, 0.2) is 0 Å². The van der Waals surface area contributed by atoms with Crippen molar-refractivity contribution < 1.29 is 13.5 Å². The van der Waals surface area contributed by atoms with Crippen LogP contribution < -0.4 is 5.32 Å². The number of ether oxygens (including phenoxy) is 1. The number of nitrogens with one attached hydrogen (secondary N) is 1. The normalized spacial score (nSPS) is 13.2. The molecular weight excluding hydrogens is 324 g/mol. The van der Waals surface area contributed by atoms with Gasteiger partial charge in [-0.1, -0.05) is 6.92 Å². The molecule has 1 unspecified atom stereocenters. The average Bonchev–Trinajstić information content (AvgIpc) is 2.63. The number of hydrogen-bond acceptors (Lipinski definition) is 3. The molecule has 104 valence electrons. The summed E-state index contributed by atoms with van der Waals surface area (Å²) in [5, 5.41) is 3.35. The molecule has 6 heteroatoms. The van der Waals surface area contributed by atoms with Crippen LogP contribution in [0.2, 0.25) is 0 Å². The maximum absolute atomic E-state index is 11.9. The van der Waals surface area contributed by atoms with Crippen LogP contribution in [0, 0.1) is 6.92 Å². The molecule has 0 aliphatic rings. The summed E-state index contributed by atoms with van der Waals surface area (Å²) in [6.45, 7) is 4.78. The molecule has 1 aromatic heterocycles. The smallest absolute Gasteiger partial charge is 0.261 e. The molecule has 0 aliphatic carbocycles.